The zero-order valence-corrected chi connectivity index (χ0v) is 34.2. The van der Waals surface area contributed by atoms with Gasteiger partial charge in [0.25, 0.3) is 0 Å². The van der Waals surface area contributed by atoms with E-state index < -0.39 is 0 Å². The van der Waals surface area contributed by atoms with Crippen LogP contribution in [0.4, 0.5) is 0 Å². The molecule has 0 aliphatic rings. The summed E-state index contributed by atoms with van der Waals surface area (Å²) in [6.07, 6.45) is 0. The van der Waals surface area contributed by atoms with Gasteiger partial charge in [0.1, 0.15) is 0 Å². The molecular formula is C59H38N4. The van der Waals surface area contributed by atoms with Gasteiger partial charge in [0.05, 0.1) is 33.6 Å². The molecule has 0 aliphatic heterocycles. The molecule has 0 amide bonds. The van der Waals surface area contributed by atoms with Crippen molar-refractivity contribution in [3.05, 3.63) is 231 Å². The van der Waals surface area contributed by atoms with Crippen molar-refractivity contribution in [1.29, 1.82) is 0 Å². The SMILES string of the molecule is c1ccc(-c2nc(-c3ccccc3)c(-c3ccc(-c4ccc5nc(-c6ccccc6)c6ccc7c(c8ccccc8n7-c7ccccc7)c6c5c4)cc3)c(-c3ccccc3)n2)cc1. The monoisotopic (exact) mass is 802 g/mol. The lowest BCUT2D eigenvalue weighted by Crippen LogP contribution is -2.00. The molecule has 0 fully saturated rings. The summed E-state index contributed by atoms with van der Waals surface area (Å²) in [6.45, 7) is 0. The second kappa shape index (κ2) is 15.2. The molecular weight excluding hydrogens is 765 g/mol. The molecule has 0 spiro atoms. The smallest absolute Gasteiger partial charge is 0.160 e. The van der Waals surface area contributed by atoms with E-state index in [1.165, 1.54) is 27.2 Å². The van der Waals surface area contributed by atoms with Crippen LogP contribution >= 0.6 is 0 Å². The number of hydrogen-bond donors (Lipinski definition) is 0. The quantitative estimate of drug-likeness (QED) is 0.151. The van der Waals surface area contributed by atoms with Gasteiger partial charge in [-0.3, -0.25) is 0 Å². The van der Waals surface area contributed by atoms with E-state index in [1.54, 1.807) is 0 Å². The van der Waals surface area contributed by atoms with Crippen molar-refractivity contribution >= 4 is 43.5 Å². The van der Waals surface area contributed by atoms with Crippen LogP contribution in [0.1, 0.15) is 0 Å². The highest BCUT2D eigenvalue weighted by Gasteiger charge is 2.22. The van der Waals surface area contributed by atoms with E-state index in [4.69, 9.17) is 15.0 Å². The van der Waals surface area contributed by atoms with Crippen LogP contribution in [-0.2, 0) is 0 Å². The molecule has 0 bridgehead atoms. The maximum atomic E-state index is 5.40. The third-order valence-corrected chi connectivity index (χ3v) is 12.2. The zero-order valence-electron chi connectivity index (χ0n) is 34.2. The first-order valence-corrected chi connectivity index (χ1v) is 21.4. The topological polar surface area (TPSA) is 43.6 Å². The van der Waals surface area contributed by atoms with Crippen molar-refractivity contribution in [1.82, 2.24) is 19.5 Å². The van der Waals surface area contributed by atoms with Gasteiger partial charge in [0.15, 0.2) is 5.82 Å². The molecule has 9 aromatic carbocycles. The Labute approximate surface area is 365 Å². The van der Waals surface area contributed by atoms with E-state index >= 15 is 0 Å². The molecule has 0 saturated heterocycles. The number of nitrogens with zero attached hydrogens (tertiary/aromatic N) is 4. The number of hydrogen-bond acceptors (Lipinski definition) is 3. The van der Waals surface area contributed by atoms with Crippen molar-refractivity contribution < 1.29 is 0 Å². The summed E-state index contributed by atoms with van der Waals surface area (Å²) < 4.78 is 2.39. The largest absolute Gasteiger partial charge is 0.309 e. The molecule has 0 saturated carbocycles. The Balaban J connectivity index is 1.07. The van der Waals surface area contributed by atoms with E-state index in [9.17, 15) is 0 Å². The van der Waals surface area contributed by atoms with Gasteiger partial charge in [0.2, 0.25) is 0 Å². The Morgan fingerprint density at radius 1 is 0.286 bits per heavy atom. The Kier molecular flexibility index (Phi) is 8.79. The molecule has 294 valence electrons. The summed E-state index contributed by atoms with van der Waals surface area (Å²) in [5.41, 5.74) is 15.6. The van der Waals surface area contributed by atoms with Crippen LogP contribution in [-0.4, -0.2) is 19.5 Å². The zero-order chi connectivity index (χ0) is 41.7. The predicted octanol–water partition coefficient (Wildman–Crippen LogP) is 15.3. The third kappa shape index (κ3) is 6.27. The highest BCUT2D eigenvalue weighted by molar-refractivity contribution is 6.29. The predicted molar refractivity (Wildman–Crippen MR) is 262 cm³/mol. The Hall–Kier alpha value is -8.47. The van der Waals surface area contributed by atoms with Gasteiger partial charge >= 0.3 is 0 Å². The van der Waals surface area contributed by atoms with E-state index in [0.717, 1.165) is 83.6 Å². The average Bonchev–Trinajstić information content (AvgIpc) is 3.71. The van der Waals surface area contributed by atoms with E-state index in [0.29, 0.717) is 5.82 Å². The molecule has 0 radical (unpaired) electrons. The van der Waals surface area contributed by atoms with Crippen LogP contribution in [0, 0.1) is 0 Å². The van der Waals surface area contributed by atoms with Crippen LogP contribution in [0.3, 0.4) is 0 Å². The highest BCUT2D eigenvalue weighted by Crippen LogP contribution is 2.44. The number of benzene rings is 9. The van der Waals surface area contributed by atoms with Gasteiger partial charge in [0, 0.05) is 60.4 Å². The molecule has 0 atom stereocenters. The van der Waals surface area contributed by atoms with Crippen LogP contribution in [0.2, 0.25) is 0 Å². The minimum absolute atomic E-state index is 0.696. The lowest BCUT2D eigenvalue weighted by molar-refractivity contribution is 1.18. The fourth-order valence-corrected chi connectivity index (χ4v) is 9.29. The summed E-state index contributed by atoms with van der Waals surface area (Å²) in [7, 11) is 0. The summed E-state index contributed by atoms with van der Waals surface area (Å²) in [4.78, 5) is 16.0. The first kappa shape index (κ1) is 36.4. The number of para-hydroxylation sites is 2. The number of aromatic nitrogens is 4. The standard InChI is InChI=1S/C59H38N4/c1-6-18-41(19-7-1)56-48-35-37-52-55(47-28-16-17-29-51(47)63(52)46-26-14-5-15-27-46)54(48)49-38-45(34-36-50(49)60-56)39-30-32-40(33-31-39)53-57(42-20-8-2-9-21-42)61-59(44-24-12-4-13-25-44)62-58(53)43-22-10-3-11-23-43/h1-38H. The molecule has 4 nitrogen and oxygen atoms in total. The van der Waals surface area contributed by atoms with Crippen LogP contribution in [0.15, 0.2) is 231 Å². The van der Waals surface area contributed by atoms with Crippen molar-refractivity contribution in [2.75, 3.05) is 0 Å². The molecule has 12 rings (SSSR count). The third-order valence-electron chi connectivity index (χ3n) is 12.2. The van der Waals surface area contributed by atoms with Crippen molar-refractivity contribution in [3.63, 3.8) is 0 Å². The molecule has 3 heterocycles. The van der Waals surface area contributed by atoms with Crippen LogP contribution in [0.25, 0.3) is 117 Å². The molecule has 0 unspecified atom stereocenters. The lowest BCUT2D eigenvalue weighted by atomic mass is 9.92. The Morgan fingerprint density at radius 3 is 1.41 bits per heavy atom. The summed E-state index contributed by atoms with van der Waals surface area (Å²) >= 11 is 0. The maximum absolute atomic E-state index is 5.40. The first-order chi connectivity index (χ1) is 31.3. The maximum Gasteiger partial charge on any atom is 0.160 e. The highest BCUT2D eigenvalue weighted by atomic mass is 15.0. The molecule has 0 aliphatic carbocycles. The van der Waals surface area contributed by atoms with Crippen molar-refractivity contribution in [2.24, 2.45) is 0 Å². The van der Waals surface area contributed by atoms with Crippen molar-refractivity contribution in [3.8, 4) is 73.1 Å². The van der Waals surface area contributed by atoms with Gasteiger partial charge < -0.3 is 4.57 Å². The fraction of sp³-hybridized carbons (Fsp3) is 0. The van der Waals surface area contributed by atoms with Gasteiger partial charge in [-0.2, -0.15) is 0 Å². The number of pyridine rings is 1. The van der Waals surface area contributed by atoms with Crippen molar-refractivity contribution in [2.45, 2.75) is 0 Å². The molecule has 3 aromatic heterocycles. The summed E-state index contributed by atoms with van der Waals surface area (Å²) in [5, 5.41) is 5.90. The average molecular weight is 803 g/mol. The van der Waals surface area contributed by atoms with Crippen LogP contribution in [0.5, 0.6) is 0 Å². The first-order valence-electron chi connectivity index (χ1n) is 21.4. The molecule has 63 heavy (non-hydrogen) atoms. The summed E-state index contributed by atoms with van der Waals surface area (Å²) in [6, 6.07) is 81.4. The second-order valence-corrected chi connectivity index (χ2v) is 15.9. The van der Waals surface area contributed by atoms with E-state index in [1.807, 2.05) is 30.3 Å². The van der Waals surface area contributed by atoms with E-state index in [2.05, 4.69) is 205 Å². The minimum atomic E-state index is 0.696. The Morgan fingerprint density at radius 2 is 0.794 bits per heavy atom. The number of fused-ring (bicyclic) bond motifs is 7. The Bertz CT molecular complexity index is 3560. The molecule has 4 heteroatoms. The minimum Gasteiger partial charge on any atom is -0.309 e. The number of rotatable bonds is 7. The fourth-order valence-electron chi connectivity index (χ4n) is 9.29. The normalized spacial score (nSPS) is 11.5. The molecule has 12 aromatic rings. The lowest BCUT2D eigenvalue weighted by Gasteiger charge is -2.17. The van der Waals surface area contributed by atoms with Gasteiger partial charge in [-0.05, 0) is 53.1 Å². The second-order valence-electron chi connectivity index (χ2n) is 15.9. The summed E-state index contributed by atoms with van der Waals surface area (Å²) in [5.74, 6) is 0.696. The van der Waals surface area contributed by atoms with Gasteiger partial charge in [-0.1, -0.05) is 194 Å². The van der Waals surface area contributed by atoms with E-state index in [-0.39, 0.29) is 0 Å². The van der Waals surface area contributed by atoms with Crippen LogP contribution < -0.4 is 0 Å². The van der Waals surface area contributed by atoms with Gasteiger partial charge in [-0.25, -0.2) is 15.0 Å². The molecule has 0 N–H and O–H groups in total. The van der Waals surface area contributed by atoms with Gasteiger partial charge in [-0.15, -0.1) is 0 Å².